The van der Waals surface area contributed by atoms with Crippen molar-refractivity contribution in [3.8, 4) is 23.1 Å². The maximum absolute atomic E-state index is 13.1. The van der Waals surface area contributed by atoms with Crippen molar-refractivity contribution in [2.24, 2.45) is 0 Å². The quantitative estimate of drug-likeness (QED) is 0.521. The van der Waals surface area contributed by atoms with Crippen LogP contribution in [-0.4, -0.2) is 48.9 Å². The molecule has 32 heavy (non-hydrogen) atoms. The lowest BCUT2D eigenvalue weighted by Gasteiger charge is -2.39. The summed E-state index contributed by atoms with van der Waals surface area (Å²) in [7, 11) is 1.76. The van der Waals surface area contributed by atoms with Crippen LogP contribution in [0.25, 0.3) is 17.1 Å². The molecule has 0 N–H and O–H groups in total. The van der Waals surface area contributed by atoms with E-state index < -0.39 is 5.54 Å². The number of aromatic nitrogens is 4. The van der Waals surface area contributed by atoms with Crippen molar-refractivity contribution < 1.29 is 4.79 Å². The van der Waals surface area contributed by atoms with Gasteiger partial charge in [0, 0.05) is 25.0 Å². The molecule has 8 heteroatoms. The lowest BCUT2D eigenvalue weighted by Crippen LogP contribution is -2.50. The molecule has 0 unspecified atom stereocenters. The molecule has 2 aromatic heterocycles. The lowest BCUT2D eigenvalue weighted by molar-refractivity contribution is -0.131. The van der Waals surface area contributed by atoms with Crippen molar-refractivity contribution in [2.45, 2.75) is 49.7 Å². The number of nitrogens with zero attached hydrogens (tertiary/aromatic N) is 6. The molecule has 1 aromatic carbocycles. The third-order valence-electron chi connectivity index (χ3n) is 6.16. The molecule has 0 spiro atoms. The molecule has 1 aliphatic carbocycles. The minimum atomic E-state index is -0.693. The molecule has 7 nitrogen and oxygen atoms in total. The fourth-order valence-electron chi connectivity index (χ4n) is 4.20. The van der Waals surface area contributed by atoms with Crippen molar-refractivity contribution >= 4 is 17.7 Å². The molecule has 0 radical (unpaired) electrons. The van der Waals surface area contributed by atoms with Gasteiger partial charge in [0.25, 0.3) is 0 Å². The second-order valence-electron chi connectivity index (χ2n) is 8.11. The molecule has 0 saturated heterocycles. The van der Waals surface area contributed by atoms with Crippen molar-refractivity contribution in [1.29, 1.82) is 5.26 Å². The van der Waals surface area contributed by atoms with E-state index in [-0.39, 0.29) is 11.7 Å². The average Bonchev–Trinajstić information content (AvgIpc) is 3.27. The Hall–Kier alpha value is -3.18. The molecule has 2 heterocycles. The zero-order valence-corrected chi connectivity index (χ0v) is 19.2. The Morgan fingerprint density at radius 3 is 2.56 bits per heavy atom. The van der Waals surface area contributed by atoms with E-state index in [9.17, 15) is 10.1 Å². The van der Waals surface area contributed by atoms with Gasteiger partial charge in [-0.2, -0.15) is 5.26 Å². The molecule has 164 valence electrons. The van der Waals surface area contributed by atoms with Crippen molar-refractivity contribution in [3.63, 3.8) is 0 Å². The Bertz CT molecular complexity index is 1130. The van der Waals surface area contributed by atoms with Crippen LogP contribution in [0.15, 0.2) is 53.9 Å². The highest BCUT2D eigenvalue weighted by atomic mass is 32.2. The van der Waals surface area contributed by atoms with Crippen LogP contribution in [0.1, 0.15) is 37.7 Å². The number of carbonyl (C=O) groups excluding carboxylic acids is 1. The fourth-order valence-corrected chi connectivity index (χ4v) is 5.06. The van der Waals surface area contributed by atoms with E-state index in [2.05, 4.69) is 21.3 Å². The van der Waals surface area contributed by atoms with Crippen LogP contribution < -0.4 is 0 Å². The summed E-state index contributed by atoms with van der Waals surface area (Å²) in [6.07, 6.45) is 8.01. The highest BCUT2D eigenvalue weighted by Gasteiger charge is 2.38. The average molecular weight is 447 g/mol. The number of hydrogen-bond acceptors (Lipinski definition) is 6. The number of pyridine rings is 1. The van der Waals surface area contributed by atoms with Crippen LogP contribution in [0.3, 0.4) is 0 Å². The van der Waals surface area contributed by atoms with Gasteiger partial charge in [0.05, 0.1) is 17.5 Å². The summed E-state index contributed by atoms with van der Waals surface area (Å²) in [5, 5.41) is 19.3. The number of thioether (sulfide) groups is 1. The molecular weight excluding hydrogens is 420 g/mol. The Morgan fingerprint density at radius 1 is 1.16 bits per heavy atom. The first-order valence-corrected chi connectivity index (χ1v) is 11.8. The first-order chi connectivity index (χ1) is 15.6. The number of para-hydroxylation sites is 1. The largest absolute Gasteiger partial charge is 0.326 e. The number of hydrogen-bond donors (Lipinski definition) is 0. The van der Waals surface area contributed by atoms with Crippen LogP contribution in [0.5, 0.6) is 0 Å². The maximum Gasteiger partial charge on any atom is 0.234 e. The van der Waals surface area contributed by atoms with E-state index >= 15 is 0 Å². The van der Waals surface area contributed by atoms with E-state index in [1.54, 1.807) is 24.3 Å². The first kappa shape index (κ1) is 22.0. The van der Waals surface area contributed by atoms with Crippen LogP contribution in [0.4, 0.5) is 0 Å². The first-order valence-electron chi connectivity index (χ1n) is 10.8. The van der Waals surface area contributed by atoms with Gasteiger partial charge in [-0.3, -0.25) is 14.3 Å². The van der Waals surface area contributed by atoms with E-state index in [0.29, 0.717) is 11.0 Å². The molecule has 1 amide bonds. The van der Waals surface area contributed by atoms with Gasteiger partial charge in [0.1, 0.15) is 5.54 Å². The number of benzene rings is 1. The molecular formula is C24H26N6OS. The monoisotopic (exact) mass is 446 g/mol. The van der Waals surface area contributed by atoms with Crippen LogP contribution in [-0.2, 0) is 4.79 Å². The van der Waals surface area contributed by atoms with E-state index in [1.807, 2.05) is 47.9 Å². The van der Waals surface area contributed by atoms with E-state index in [1.165, 1.54) is 11.8 Å². The van der Waals surface area contributed by atoms with Gasteiger partial charge in [0.2, 0.25) is 5.91 Å². The molecule has 1 saturated carbocycles. The van der Waals surface area contributed by atoms with Crippen LogP contribution in [0.2, 0.25) is 0 Å². The number of rotatable bonds is 6. The molecule has 0 atom stereocenters. The second-order valence-corrected chi connectivity index (χ2v) is 9.05. The number of aryl methyl sites for hydroxylation is 1. The zero-order valence-electron chi connectivity index (χ0n) is 18.4. The summed E-state index contributed by atoms with van der Waals surface area (Å²) in [6, 6.07) is 14.2. The van der Waals surface area contributed by atoms with Gasteiger partial charge in [-0.05, 0) is 43.5 Å². The van der Waals surface area contributed by atoms with Crippen molar-refractivity contribution in [1.82, 2.24) is 24.6 Å². The number of nitriles is 1. The highest BCUT2D eigenvalue weighted by molar-refractivity contribution is 7.99. The highest BCUT2D eigenvalue weighted by Crippen LogP contribution is 2.34. The van der Waals surface area contributed by atoms with E-state index in [0.717, 1.165) is 48.9 Å². The Morgan fingerprint density at radius 2 is 1.88 bits per heavy atom. The number of carbonyl (C=O) groups is 1. The summed E-state index contributed by atoms with van der Waals surface area (Å²) in [5.41, 5.74) is 2.26. The number of amides is 1. The molecule has 3 aromatic rings. The van der Waals surface area contributed by atoms with Gasteiger partial charge < -0.3 is 4.90 Å². The SMILES string of the molecule is Cc1ccccc1-n1c(SCC(=O)N(C)C2(C#N)CCCCC2)nnc1-c1ccncc1. The molecule has 0 aliphatic heterocycles. The standard InChI is InChI=1S/C24H26N6OS/c1-18-8-4-5-9-20(18)30-22(19-10-14-26-15-11-19)27-28-23(30)32-16-21(31)29(2)24(17-25)12-6-3-7-13-24/h4-5,8-11,14-15H,3,6-7,12-13,16H2,1-2H3. The zero-order chi connectivity index (χ0) is 22.6. The summed E-state index contributed by atoms with van der Waals surface area (Å²) in [5.74, 6) is 0.828. The van der Waals surface area contributed by atoms with Crippen LogP contribution >= 0.6 is 11.8 Å². The Labute approximate surface area is 192 Å². The summed E-state index contributed by atoms with van der Waals surface area (Å²) in [6.45, 7) is 2.04. The normalized spacial score (nSPS) is 15.2. The predicted octanol–water partition coefficient (Wildman–Crippen LogP) is 4.41. The fraction of sp³-hybridized carbons (Fsp3) is 0.375. The molecule has 4 rings (SSSR count). The smallest absolute Gasteiger partial charge is 0.234 e. The topological polar surface area (TPSA) is 87.7 Å². The minimum Gasteiger partial charge on any atom is -0.326 e. The third kappa shape index (κ3) is 4.26. The summed E-state index contributed by atoms with van der Waals surface area (Å²) >= 11 is 1.35. The summed E-state index contributed by atoms with van der Waals surface area (Å²) < 4.78 is 1.99. The molecule has 0 bridgehead atoms. The molecule has 1 aliphatic rings. The van der Waals surface area contributed by atoms with Gasteiger partial charge in [-0.15, -0.1) is 10.2 Å². The van der Waals surface area contributed by atoms with Crippen LogP contribution in [0, 0.1) is 18.3 Å². The Kier molecular flexibility index (Phi) is 6.56. The summed E-state index contributed by atoms with van der Waals surface area (Å²) in [4.78, 5) is 18.8. The van der Waals surface area contributed by atoms with Gasteiger partial charge in [-0.1, -0.05) is 49.2 Å². The third-order valence-corrected chi connectivity index (χ3v) is 7.07. The second kappa shape index (κ2) is 9.53. The lowest BCUT2D eigenvalue weighted by atomic mass is 9.81. The van der Waals surface area contributed by atoms with Crippen molar-refractivity contribution in [3.05, 3.63) is 54.4 Å². The minimum absolute atomic E-state index is 0.0664. The van der Waals surface area contributed by atoms with Gasteiger partial charge >= 0.3 is 0 Å². The van der Waals surface area contributed by atoms with Gasteiger partial charge in [-0.25, -0.2) is 0 Å². The van der Waals surface area contributed by atoms with Crippen molar-refractivity contribution in [2.75, 3.05) is 12.8 Å². The van der Waals surface area contributed by atoms with E-state index in [4.69, 9.17) is 0 Å². The predicted molar refractivity (Wildman–Crippen MR) is 124 cm³/mol. The Balaban J connectivity index is 1.62. The van der Waals surface area contributed by atoms with Gasteiger partial charge in [0.15, 0.2) is 11.0 Å². The maximum atomic E-state index is 13.1. The molecule has 1 fully saturated rings.